The summed E-state index contributed by atoms with van der Waals surface area (Å²) in [6.07, 6.45) is 0.0308. The maximum Gasteiger partial charge on any atom is 0.339 e. The van der Waals surface area contributed by atoms with E-state index in [9.17, 15) is 14.4 Å². The van der Waals surface area contributed by atoms with E-state index >= 15 is 0 Å². The number of piperazine rings is 1. The van der Waals surface area contributed by atoms with E-state index in [1.165, 1.54) is 19.6 Å². The van der Waals surface area contributed by atoms with E-state index < -0.39 is 5.97 Å². The molecule has 1 amide bonds. The minimum absolute atomic E-state index is 0.0308. The molecule has 2 heterocycles. The number of hydrogen-bond acceptors (Lipinski definition) is 5. The van der Waals surface area contributed by atoms with Gasteiger partial charge in [0, 0.05) is 44.5 Å². The molecule has 1 aliphatic heterocycles. The lowest BCUT2D eigenvalue weighted by Gasteiger charge is -2.36. The van der Waals surface area contributed by atoms with Gasteiger partial charge < -0.3 is 19.5 Å². The highest BCUT2D eigenvalue weighted by Gasteiger charge is 2.27. The third-order valence-corrected chi connectivity index (χ3v) is 5.40. The van der Waals surface area contributed by atoms with E-state index in [1.807, 2.05) is 6.07 Å². The Morgan fingerprint density at radius 3 is 2.38 bits per heavy atom. The van der Waals surface area contributed by atoms with Crippen LogP contribution in [0.15, 0.2) is 24.3 Å². The van der Waals surface area contributed by atoms with Gasteiger partial charge in [-0.25, -0.2) is 4.79 Å². The van der Waals surface area contributed by atoms with Gasteiger partial charge in [-0.05, 0) is 37.1 Å². The van der Waals surface area contributed by atoms with E-state index in [0.717, 1.165) is 18.8 Å². The Hall–Kier alpha value is -3.09. The van der Waals surface area contributed by atoms with Crippen molar-refractivity contribution in [3.8, 4) is 0 Å². The number of methoxy groups -OCH3 is 1. The van der Waals surface area contributed by atoms with Crippen molar-refractivity contribution < 1.29 is 19.1 Å². The smallest absolute Gasteiger partial charge is 0.339 e. The van der Waals surface area contributed by atoms with Gasteiger partial charge in [0.2, 0.25) is 5.91 Å². The maximum atomic E-state index is 12.9. The number of esters is 1. The fourth-order valence-corrected chi connectivity index (χ4v) is 3.82. The molecule has 1 aromatic carbocycles. The average Bonchev–Trinajstić information content (AvgIpc) is 3.03. The highest BCUT2D eigenvalue weighted by Crippen LogP contribution is 2.22. The topological polar surface area (TPSA) is 82.7 Å². The average molecular weight is 397 g/mol. The first-order chi connectivity index (χ1) is 13.8. The maximum absolute atomic E-state index is 12.9. The second-order valence-electron chi connectivity index (χ2n) is 7.41. The predicted octanol–water partition coefficient (Wildman–Crippen LogP) is 2.51. The summed E-state index contributed by atoms with van der Waals surface area (Å²) in [5, 5.41) is 0. The molecule has 0 atom stereocenters. The molecule has 3 rings (SSSR count). The molecular weight excluding hydrogens is 370 g/mol. The molecule has 29 heavy (non-hydrogen) atoms. The lowest BCUT2D eigenvalue weighted by atomic mass is 10.1. The fraction of sp³-hybridized carbons (Fsp3) is 0.409. The Morgan fingerprint density at radius 1 is 1.10 bits per heavy atom. The fourth-order valence-electron chi connectivity index (χ4n) is 3.82. The Bertz CT molecular complexity index is 940. The van der Waals surface area contributed by atoms with Crippen LogP contribution >= 0.6 is 0 Å². The van der Waals surface area contributed by atoms with Crippen LogP contribution in [0.1, 0.15) is 44.6 Å². The summed E-state index contributed by atoms with van der Waals surface area (Å²) in [5.41, 5.74) is 3.96. The number of aromatic amines is 1. The molecule has 1 N–H and O–H groups in total. The Kier molecular flexibility index (Phi) is 6.06. The van der Waals surface area contributed by atoms with Crippen molar-refractivity contribution in [1.82, 2.24) is 9.88 Å². The number of H-pyrrole nitrogens is 1. The number of amides is 1. The first kappa shape index (κ1) is 20.6. The minimum atomic E-state index is -0.543. The zero-order chi connectivity index (χ0) is 21.1. The normalized spacial score (nSPS) is 14.1. The van der Waals surface area contributed by atoms with Gasteiger partial charge in [-0.3, -0.25) is 9.59 Å². The predicted molar refractivity (Wildman–Crippen MR) is 111 cm³/mol. The third kappa shape index (κ3) is 4.34. The number of anilines is 1. The summed E-state index contributed by atoms with van der Waals surface area (Å²) in [4.78, 5) is 43.9. The summed E-state index contributed by atoms with van der Waals surface area (Å²) in [6.45, 7) is 7.90. The molecule has 0 unspecified atom stereocenters. The minimum Gasteiger partial charge on any atom is -0.465 e. The van der Waals surface area contributed by atoms with Crippen molar-refractivity contribution in [2.24, 2.45) is 0 Å². The standard InChI is InChI=1S/C22H27N3O4/c1-14-6-5-7-17(12-14)24-8-10-25(11-9-24)19(27)13-18-20(22(28)29-4)15(2)21(23-18)16(3)26/h5-7,12,23H,8-11,13H2,1-4H3. The lowest BCUT2D eigenvalue weighted by molar-refractivity contribution is -0.130. The molecule has 0 radical (unpaired) electrons. The van der Waals surface area contributed by atoms with Crippen LogP contribution in [0.4, 0.5) is 5.69 Å². The van der Waals surface area contributed by atoms with E-state index in [0.29, 0.717) is 30.0 Å². The quantitative estimate of drug-likeness (QED) is 0.619. The summed E-state index contributed by atoms with van der Waals surface area (Å²) in [6, 6.07) is 8.33. The van der Waals surface area contributed by atoms with Gasteiger partial charge in [0.15, 0.2) is 5.78 Å². The van der Waals surface area contributed by atoms with Crippen molar-refractivity contribution in [2.75, 3.05) is 38.2 Å². The molecule has 7 nitrogen and oxygen atoms in total. The van der Waals surface area contributed by atoms with Gasteiger partial charge in [-0.2, -0.15) is 0 Å². The number of rotatable bonds is 5. The Morgan fingerprint density at radius 2 is 1.79 bits per heavy atom. The number of aromatic nitrogens is 1. The summed E-state index contributed by atoms with van der Waals surface area (Å²) in [5.74, 6) is -0.799. The van der Waals surface area contributed by atoms with Crippen molar-refractivity contribution >= 4 is 23.3 Å². The molecule has 0 bridgehead atoms. The molecule has 0 aliphatic carbocycles. The van der Waals surface area contributed by atoms with Gasteiger partial charge in [0.1, 0.15) is 0 Å². The van der Waals surface area contributed by atoms with E-state index in [4.69, 9.17) is 4.74 Å². The second-order valence-corrected chi connectivity index (χ2v) is 7.41. The van der Waals surface area contributed by atoms with Crippen LogP contribution in [0.25, 0.3) is 0 Å². The SMILES string of the molecule is COC(=O)c1c(CC(=O)N2CCN(c3cccc(C)c3)CC2)[nH]c(C(C)=O)c1C. The van der Waals surface area contributed by atoms with Crippen molar-refractivity contribution in [1.29, 1.82) is 0 Å². The van der Waals surface area contributed by atoms with Crippen LogP contribution in [-0.4, -0.2) is 60.8 Å². The highest BCUT2D eigenvalue weighted by atomic mass is 16.5. The molecule has 154 valence electrons. The molecule has 0 saturated carbocycles. The zero-order valence-corrected chi connectivity index (χ0v) is 17.4. The van der Waals surface area contributed by atoms with Crippen LogP contribution in [0.2, 0.25) is 0 Å². The lowest BCUT2D eigenvalue weighted by Crippen LogP contribution is -2.49. The highest BCUT2D eigenvalue weighted by molar-refractivity contribution is 6.01. The number of nitrogens with one attached hydrogen (secondary N) is 1. The summed E-state index contributed by atoms with van der Waals surface area (Å²) in [7, 11) is 1.29. The molecule has 0 spiro atoms. The van der Waals surface area contributed by atoms with Crippen molar-refractivity contribution in [2.45, 2.75) is 27.2 Å². The van der Waals surface area contributed by atoms with Crippen LogP contribution in [0.3, 0.4) is 0 Å². The monoisotopic (exact) mass is 397 g/mol. The van der Waals surface area contributed by atoms with Crippen LogP contribution in [0, 0.1) is 13.8 Å². The van der Waals surface area contributed by atoms with Gasteiger partial charge in [0.25, 0.3) is 0 Å². The first-order valence-electron chi connectivity index (χ1n) is 9.72. The molecule has 1 saturated heterocycles. The van der Waals surface area contributed by atoms with Crippen molar-refractivity contribution in [3.05, 3.63) is 52.3 Å². The number of aryl methyl sites for hydroxylation is 1. The second kappa shape index (κ2) is 8.51. The molecule has 1 aliphatic rings. The zero-order valence-electron chi connectivity index (χ0n) is 17.4. The number of Topliss-reactive ketones (excluding diaryl/α,β-unsaturated/α-hetero) is 1. The van der Waals surface area contributed by atoms with E-state index in [1.54, 1.807) is 11.8 Å². The third-order valence-electron chi connectivity index (χ3n) is 5.40. The largest absolute Gasteiger partial charge is 0.465 e. The van der Waals surface area contributed by atoms with Crippen LogP contribution < -0.4 is 4.90 Å². The first-order valence-corrected chi connectivity index (χ1v) is 9.72. The number of ether oxygens (including phenoxy) is 1. The number of carbonyl (C=O) groups is 3. The molecule has 1 aromatic heterocycles. The van der Waals surface area contributed by atoms with Gasteiger partial charge in [-0.15, -0.1) is 0 Å². The molecule has 1 fully saturated rings. The summed E-state index contributed by atoms with van der Waals surface area (Å²) < 4.78 is 4.85. The number of benzene rings is 1. The van der Waals surface area contributed by atoms with Crippen LogP contribution in [-0.2, 0) is 16.0 Å². The van der Waals surface area contributed by atoms with Gasteiger partial charge in [-0.1, -0.05) is 12.1 Å². The van der Waals surface area contributed by atoms with Crippen molar-refractivity contribution in [3.63, 3.8) is 0 Å². The Balaban J connectivity index is 1.71. The van der Waals surface area contributed by atoms with Gasteiger partial charge >= 0.3 is 5.97 Å². The molecule has 7 heteroatoms. The van der Waals surface area contributed by atoms with Gasteiger partial charge in [0.05, 0.1) is 24.8 Å². The Labute approximate surface area is 170 Å². The molecular formula is C22H27N3O4. The van der Waals surface area contributed by atoms with Crippen LogP contribution in [0.5, 0.6) is 0 Å². The molecule has 2 aromatic rings. The number of hydrogen-bond donors (Lipinski definition) is 1. The summed E-state index contributed by atoms with van der Waals surface area (Å²) >= 11 is 0. The number of carbonyl (C=O) groups excluding carboxylic acids is 3. The van der Waals surface area contributed by atoms with E-state index in [-0.39, 0.29) is 23.7 Å². The number of nitrogens with zero attached hydrogens (tertiary/aromatic N) is 2. The van der Waals surface area contributed by atoms with E-state index in [2.05, 4.69) is 35.0 Å². The number of ketones is 1.